The van der Waals surface area contributed by atoms with Crippen molar-refractivity contribution in [2.45, 2.75) is 53.2 Å². The molecule has 0 bridgehead atoms. The first-order chi connectivity index (χ1) is 15.4. The fourth-order valence-electron chi connectivity index (χ4n) is 3.31. The molecule has 0 fully saturated rings. The van der Waals surface area contributed by atoms with E-state index in [1.807, 2.05) is 100 Å². The molecule has 3 aromatic carbocycles. The largest absolute Gasteiger partial charge is 0.485 e. The van der Waals surface area contributed by atoms with E-state index in [-0.39, 0.29) is 18.7 Å². The van der Waals surface area contributed by atoms with Crippen LogP contribution in [0.5, 0.6) is 11.5 Å². The molecule has 0 aliphatic rings. The van der Waals surface area contributed by atoms with Gasteiger partial charge in [-0.15, -0.1) is 0 Å². The summed E-state index contributed by atoms with van der Waals surface area (Å²) in [6.07, 6.45) is 0.395. The number of aryl methyl sites for hydroxylation is 1. The molecule has 0 amide bonds. The Balaban J connectivity index is 1.79. The normalized spacial score (nSPS) is 11.5. The summed E-state index contributed by atoms with van der Waals surface area (Å²) < 4.78 is 17.9. The SMILES string of the molecule is CB(C)C(=O)OC(C)Cc1cc(OCc2ccccc2)c(OCc2ccccc2)cc1C. The van der Waals surface area contributed by atoms with Gasteiger partial charge in [-0.25, -0.2) is 0 Å². The molecule has 0 N–H and O–H groups in total. The molecule has 0 saturated carbocycles. The topological polar surface area (TPSA) is 44.8 Å². The smallest absolute Gasteiger partial charge is 0.271 e. The van der Waals surface area contributed by atoms with Crippen LogP contribution in [0.1, 0.15) is 29.2 Å². The number of carbonyl (C=O) groups is 1. The standard InChI is InChI=1S/C27H31BO4/c1-20-15-25(30-18-22-11-7-5-8-12-22)26(31-19-23-13-9-6-10-14-23)17-24(20)16-21(2)32-27(29)28(3)4/h5-15,17,21H,16,18-19H2,1-4H3. The van der Waals surface area contributed by atoms with Gasteiger partial charge in [-0.2, -0.15) is 0 Å². The van der Waals surface area contributed by atoms with E-state index < -0.39 is 0 Å². The molecule has 3 aromatic rings. The Hall–Kier alpha value is -3.21. The van der Waals surface area contributed by atoms with E-state index in [0.717, 1.165) is 22.3 Å². The average Bonchev–Trinajstić information content (AvgIpc) is 2.79. The van der Waals surface area contributed by atoms with Gasteiger partial charge in [-0.3, -0.25) is 4.79 Å². The van der Waals surface area contributed by atoms with Crippen molar-refractivity contribution < 1.29 is 19.0 Å². The summed E-state index contributed by atoms with van der Waals surface area (Å²) in [4.78, 5) is 12.0. The lowest BCUT2D eigenvalue weighted by Gasteiger charge is -2.19. The van der Waals surface area contributed by atoms with Gasteiger partial charge in [0.2, 0.25) is 0 Å². The molecule has 0 radical (unpaired) electrons. The Labute approximate surface area is 191 Å². The average molecular weight is 430 g/mol. The third-order valence-corrected chi connectivity index (χ3v) is 5.17. The molecule has 0 aromatic heterocycles. The first kappa shape index (κ1) is 23.5. The highest BCUT2D eigenvalue weighted by Crippen LogP contribution is 2.33. The van der Waals surface area contributed by atoms with Crippen LogP contribution in [0.15, 0.2) is 72.8 Å². The van der Waals surface area contributed by atoms with Crippen LogP contribution in [0.2, 0.25) is 13.6 Å². The Morgan fingerprint density at radius 1 is 0.844 bits per heavy atom. The van der Waals surface area contributed by atoms with Crippen molar-refractivity contribution in [2.24, 2.45) is 0 Å². The maximum absolute atomic E-state index is 12.0. The zero-order valence-electron chi connectivity index (χ0n) is 19.3. The highest BCUT2D eigenvalue weighted by molar-refractivity contribution is 6.86. The van der Waals surface area contributed by atoms with Crippen LogP contribution in [-0.4, -0.2) is 18.7 Å². The van der Waals surface area contributed by atoms with Gasteiger partial charge in [0.25, 0.3) is 12.6 Å². The van der Waals surface area contributed by atoms with Crippen molar-refractivity contribution in [3.05, 3.63) is 95.1 Å². The van der Waals surface area contributed by atoms with E-state index in [0.29, 0.717) is 31.1 Å². The number of rotatable bonds is 10. The van der Waals surface area contributed by atoms with Gasteiger partial charge in [0.15, 0.2) is 11.5 Å². The van der Waals surface area contributed by atoms with E-state index in [1.54, 1.807) is 0 Å². The second-order valence-corrected chi connectivity index (χ2v) is 8.38. The van der Waals surface area contributed by atoms with Gasteiger partial charge in [0.05, 0.1) is 0 Å². The van der Waals surface area contributed by atoms with Gasteiger partial charge < -0.3 is 14.2 Å². The lowest BCUT2D eigenvalue weighted by atomic mass is 9.55. The molecule has 0 aliphatic heterocycles. The van der Waals surface area contributed by atoms with Crippen LogP contribution in [0.3, 0.4) is 0 Å². The highest BCUT2D eigenvalue weighted by atomic mass is 16.5. The zero-order valence-corrected chi connectivity index (χ0v) is 19.3. The molecule has 32 heavy (non-hydrogen) atoms. The fourth-order valence-corrected chi connectivity index (χ4v) is 3.31. The summed E-state index contributed by atoms with van der Waals surface area (Å²) in [6, 6.07) is 24.1. The lowest BCUT2D eigenvalue weighted by molar-refractivity contribution is 0.130. The van der Waals surface area contributed by atoms with Crippen molar-refractivity contribution in [1.82, 2.24) is 0 Å². The van der Waals surface area contributed by atoms with Crippen molar-refractivity contribution in [2.75, 3.05) is 0 Å². The molecule has 1 atom stereocenters. The van der Waals surface area contributed by atoms with E-state index in [4.69, 9.17) is 14.2 Å². The van der Waals surface area contributed by atoms with E-state index in [1.165, 1.54) is 0 Å². The van der Waals surface area contributed by atoms with Crippen molar-refractivity contribution >= 4 is 12.6 Å². The summed E-state index contributed by atoms with van der Waals surface area (Å²) >= 11 is 0. The summed E-state index contributed by atoms with van der Waals surface area (Å²) in [5.74, 6) is 1.21. The Kier molecular flexibility index (Phi) is 8.37. The number of carbonyl (C=O) groups excluding carboxylic acids is 1. The number of ether oxygens (including phenoxy) is 3. The van der Waals surface area contributed by atoms with Crippen LogP contribution < -0.4 is 9.47 Å². The first-order valence-electron chi connectivity index (χ1n) is 11.1. The third kappa shape index (κ3) is 6.91. The highest BCUT2D eigenvalue weighted by Gasteiger charge is 2.18. The number of hydrogen-bond donors (Lipinski definition) is 0. The quantitative estimate of drug-likeness (QED) is 0.342. The predicted octanol–water partition coefficient (Wildman–Crippen LogP) is 6.56. The minimum atomic E-state index is -0.221. The van der Waals surface area contributed by atoms with Gasteiger partial charge in [-0.1, -0.05) is 74.3 Å². The maximum Gasteiger partial charge on any atom is 0.271 e. The van der Waals surface area contributed by atoms with Gasteiger partial charge in [0, 0.05) is 6.42 Å². The third-order valence-electron chi connectivity index (χ3n) is 5.17. The second kappa shape index (κ2) is 11.4. The van der Waals surface area contributed by atoms with Crippen molar-refractivity contribution in [3.8, 4) is 11.5 Å². The van der Waals surface area contributed by atoms with Crippen molar-refractivity contribution in [3.63, 3.8) is 0 Å². The van der Waals surface area contributed by atoms with Gasteiger partial charge in [-0.05, 0) is 48.2 Å². The van der Waals surface area contributed by atoms with Crippen LogP contribution in [0.25, 0.3) is 0 Å². The number of hydrogen-bond acceptors (Lipinski definition) is 4. The van der Waals surface area contributed by atoms with E-state index >= 15 is 0 Å². The second-order valence-electron chi connectivity index (χ2n) is 8.38. The molecule has 1 unspecified atom stereocenters. The molecule has 3 rings (SSSR count). The Bertz CT molecular complexity index is 1000. The minimum Gasteiger partial charge on any atom is -0.485 e. The molecule has 0 spiro atoms. The summed E-state index contributed by atoms with van der Waals surface area (Å²) in [6.45, 7) is 8.42. The molecule has 0 aliphatic carbocycles. The van der Waals surface area contributed by atoms with Gasteiger partial charge >= 0.3 is 0 Å². The molecule has 5 heteroatoms. The predicted molar refractivity (Wildman–Crippen MR) is 130 cm³/mol. The lowest BCUT2D eigenvalue weighted by Crippen LogP contribution is -2.25. The monoisotopic (exact) mass is 430 g/mol. The molecular weight excluding hydrogens is 399 g/mol. The number of benzene rings is 3. The Morgan fingerprint density at radius 3 is 1.84 bits per heavy atom. The summed E-state index contributed by atoms with van der Waals surface area (Å²) in [5.41, 5.74) is 4.33. The van der Waals surface area contributed by atoms with Crippen LogP contribution in [0, 0.1) is 6.92 Å². The fraction of sp³-hybridized carbons (Fsp3) is 0.296. The molecule has 0 saturated heterocycles. The molecular formula is C27H31BO4. The summed E-state index contributed by atoms with van der Waals surface area (Å²) in [7, 11) is 0. The van der Waals surface area contributed by atoms with Gasteiger partial charge in [0.1, 0.15) is 19.3 Å². The molecule has 0 heterocycles. The van der Waals surface area contributed by atoms with Crippen LogP contribution in [-0.2, 0) is 24.4 Å². The minimum absolute atomic E-state index is 0.142. The van der Waals surface area contributed by atoms with E-state index in [2.05, 4.69) is 0 Å². The van der Waals surface area contributed by atoms with Crippen LogP contribution >= 0.6 is 0 Å². The molecule has 166 valence electrons. The zero-order chi connectivity index (χ0) is 22.9. The summed E-state index contributed by atoms with van der Waals surface area (Å²) in [5, 5.41) is 0. The van der Waals surface area contributed by atoms with Crippen LogP contribution in [0.4, 0.5) is 4.79 Å². The van der Waals surface area contributed by atoms with E-state index in [9.17, 15) is 4.79 Å². The Morgan fingerprint density at radius 2 is 1.34 bits per heavy atom. The maximum atomic E-state index is 12.0. The van der Waals surface area contributed by atoms with Crippen molar-refractivity contribution in [1.29, 1.82) is 0 Å². The molecule has 4 nitrogen and oxygen atoms in total. The first-order valence-corrected chi connectivity index (χ1v) is 11.1.